The van der Waals surface area contributed by atoms with Crippen LogP contribution < -0.4 is 0 Å². The Kier molecular flexibility index (Phi) is 4.42. The highest BCUT2D eigenvalue weighted by atomic mass is 33.7. The van der Waals surface area contributed by atoms with E-state index in [1.54, 1.807) is 64.2 Å². The first-order valence-electron chi connectivity index (χ1n) is 10.5. The lowest BCUT2D eigenvalue weighted by Gasteiger charge is -2.54. The summed E-state index contributed by atoms with van der Waals surface area (Å²) in [5.41, 5.74) is 0. The minimum absolute atomic E-state index is 1.01. The first-order chi connectivity index (χ1) is 11.8. The van der Waals surface area contributed by atoms with Crippen LogP contribution in [0.2, 0.25) is 0 Å². The molecule has 24 heavy (non-hydrogen) atoms. The molecule has 0 aromatic heterocycles. The number of hydrogen-bond acceptors (Lipinski definition) is 4. The van der Waals surface area contributed by atoms with Crippen molar-refractivity contribution in [3.8, 4) is 0 Å². The molecule has 0 aromatic carbocycles. The summed E-state index contributed by atoms with van der Waals surface area (Å²) in [6.45, 7) is 0. The van der Waals surface area contributed by atoms with Gasteiger partial charge in [-0.15, -0.1) is 0 Å². The van der Waals surface area contributed by atoms with E-state index in [1.165, 1.54) is 0 Å². The molecule has 0 atom stereocenters. The van der Waals surface area contributed by atoms with Gasteiger partial charge in [0.05, 0.1) is 0 Å². The van der Waals surface area contributed by atoms with E-state index < -0.39 is 0 Å². The fraction of sp³-hybridized carbons (Fsp3) is 1.00. The predicted molar refractivity (Wildman–Crippen MR) is 112 cm³/mol. The van der Waals surface area contributed by atoms with E-state index >= 15 is 0 Å². The fourth-order valence-electron chi connectivity index (χ4n) is 8.19. The Balaban J connectivity index is 1.01. The molecular formula is C20H30S4. The van der Waals surface area contributed by atoms with Gasteiger partial charge in [0.15, 0.2) is 0 Å². The van der Waals surface area contributed by atoms with E-state index in [2.05, 4.69) is 41.2 Å². The summed E-state index contributed by atoms with van der Waals surface area (Å²) in [7, 11) is 8.94. The summed E-state index contributed by atoms with van der Waals surface area (Å²) in [5, 5.41) is 2.02. The van der Waals surface area contributed by atoms with Crippen molar-refractivity contribution in [1.82, 2.24) is 0 Å². The SMILES string of the molecule is C1C2CC3CC1CC(C2)C3SSSSC1C2CC3CC(C2)CC1C3. The summed E-state index contributed by atoms with van der Waals surface area (Å²) in [6.07, 6.45) is 15.8. The van der Waals surface area contributed by atoms with E-state index in [0.717, 1.165) is 57.8 Å². The van der Waals surface area contributed by atoms with Crippen LogP contribution in [-0.2, 0) is 0 Å². The van der Waals surface area contributed by atoms with Crippen molar-refractivity contribution < 1.29 is 0 Å². The van der Waals surface area contributed by atoms with Crippen molar-refractivity contribution in [3.63, 3.8) is 0 Å². The standard InChI is InChI=1S/C20H30S4/c1-11-3-15-5-12(1)6-16(4-11)19(15)21-23-24-22-20-17-7-13-2-14(9-17)10-18(20)8-13/h11-20H,1-10H2. The topological polar surface area (TPSA) is 0 Å². The number of rotatable bonds is 5. The summed E-state index contributed by atoms with van der Waals surface area (Å²) in [4.78, 5) is 0. The minimum atomic E-state index is 1.01. The van der Waals surface area contributed by atoms with E-state index in [4.69, 9.17) is 0 Å². The molecule has 0 N–H and O–H groups in total. The van der Waals surface area contributed by atoms with Gasteiger partial charge in [0, 0.05) is 10.5 Å². The zero-order valence-corrected chi connectivity index (χ0v) is 17.7. The summed E-state index contributed by atoms with van der Waals surface area (Å²) < 4.78 is 0. The molecule has 8 aliphatic rings. The van der Waals surface area contributed by atoms with Gasteiger partial charge in [-0.1, -0.05) is 21.6 Å². The third-order valence-corrected chi connectivity index (χ3v) is 16.2. The van der Waals surface area contributed by atoms with Crippen molar-refractivity contribution in [2.75, 3.05) is 0 Å². The lowest BCUT2D eigenvalue weighted by atomic mass is 9.56. The minimum Gasteiger partial charge on any atom is -0.0777 e. The molecule has 8 fully saturated rings. The number of hydrogen-bond donors (Lipinski definition) is 0. The average Bonchev–Trinajstić information content (AvgIpc) is 2.54. The van der Waals surface area contributed by atoms with Crippen LogP contribution in [0.3, 0.4) is 0 Å². The smallest absolute Gasteiger partial charge is 0.0216 e. The second-order valence-corrected chi connectivity index (χ2v) is 16.3. The molecule has 0 saturated heterocycles. The van der Waals surface area contributed by atoms with Crippen LogP contribution in [0.4, 0.5) is 0 Å². The molecule has 0 aliphatic heterocycles. The second-order valence-electron chi connectivity index (χ2n) is 10.1. The van der Waals surface area contributed by atoms with Gasteiger partial charge in [-0.3, -0.25) is 0 Å². The largest absolute Gasteiger partial charge is 0.0777 e. The zero-order valence-electron chi connectivity index (χ0n) is 14.5. The molecule has 0 radical (unpaired) electrons. The first kappa shape index (κ1) is 16.4. The summed E-state index contributed by atoms with van der Waals surface area (Å²) in [5.74, 6) is 8.87. The van der Waals surface area contributed by atoms with Gasteiger partial charge in [-0.25, -0.2) is 0 Å². The third kappa shape index (κ3) is 2.83. The monoisotopic (exact) mass is 398 g/mol. The van der Waals surface area contributed by atoms with E-state index in [9.17, 15) is 0 Å². The first-order valence-corrected chi connectivity index (χ1v) is 15.4. The van der Waals surface area contributed by atoms with E-state index in [0.29, 0.717) is 0 Å². The molecule has 0 spiro atoms. The average molecular weight is 399 g/mol. The van der Waals surface area contributed by atoms with Crippen molar-refractivity contribution in [2.24, 2.45) is 47.3 Å². The van der Waals surface area contributed by atoms with Crippen molar-refractivity contribution in [2.45, 2.75) is 74.7 Å². The molecule has 134 valence electrons. The molecule has 0 heterocycles. The van der Waals surface area contributed by atoms with Gasteiger partial charge in [-0.2, -0.15) is 0 Å². The van der Waals surface area contributed by atoms with Gasteiger partial charge >= 0.3 is 0 Å². The quantitative estimate of drug-likeness (QED) is 0.351. The van der Waals surface area contributed by atoms with Gasteiger partial charge in [0.25, 0.3) is 0 Å². The maximum atomic E-state index is 2.30. The van der Waals surface area contributed by atoms with Gasteiger partial charge < -0.3 is 0 Å². The molecular weight excluding hydrogens is 368 g/mol. The highest BCUT2D eigenvalue weighted by molar-refractivity contribution is 9.26. The Morgan fingerprint density at radius 2 is 0.667 bits per heavy atom. The van der Waals surface area contributed by atoms with Gasteiger partial charge in [0.1, 0.15) is 0 Å². The molecule has 8 aliphatic carbocycles. The molecule has 0 aromatic rings. The van der Waals surface area contributed by atoms with Crippen molar-refractivity contribution in [3.05, 3.63) is 0 Å². The predicted octanol–water partition coefficient (Wildman–Crippen LogP) is 7.31. The van der Waals surface area contributed by atoms with E-state index in [1.807, 2.05) is 0 Å². The maximum Gasteiger partial charge on any atom is 0.0216 e. The lowest BCUT2D eigenvalue weighted by Crippen LogP contribution is -2.46. The van der Waals surface area contributed by atoms with Crippen LogP contribution in [0.15, 0.2) is 0 Å². The molecule has 4 heteroatoms. The van der Waals surface area contributed by atoms with Gasteiger partial charge in [0.2, 0.25) is 0 Å². The molecule has 8 saturated carbocycles. The lowest BCUT2D eigenvalue weighted by molar-refractivity contribution is 0.0271. The van der Waals surface area contributed by atoms with Crippen LogP contribution in [-0.4, -0.2) is 10.5 Å². The maximum absolute atomic E-state index is 2.30. The Labute approximate surface area is 162 Å². The Hall–Kier alpha value is 1.40. The third-order valence-electron chi connectivity index (χ3n) is 8.61. The molecule has 8 bridgehead atoms. The second kappa shape index (κ2) is 6.48. The van der Waals surface area contributed by atoms with E-state index in [-0.39, 0.29) is 0 Å². The Morgan fingerprint density at radius 3 is 0.958 bits per heavy atom. The van der Waals surface area contributed by atoms with Gasteiger partial charge in [-0.05, 0) is 131 Å². The molecule has 0 amide bonds. The van der Waals surface area contributed by atoms with Crippen LogP contribution >= 0.6 is 41.2 Å². The van der Waals surface area contributed by atoms with Crippen LogP contribution in [0.25, 0.3) is 0 Å². The Morgan fingerprint density at radius 1 is 0.375 bits per heavy atom. The zero-order chi connectivity index (χ0) is 15.7. The Bertz CT molecular complexity index is 392. The van der Waals surface area contributed by atoms with Crippen LogP contribution in [0.1, 0.15) is 64.2 Å². The highest BCUT2D eigenvalue weighted by Crippen LogP contribution is 2.63. The summed E-state index contributed by atoms with van der Waals surface area (Å²) in [6, 6.07) is 0. The summed E-state index contributed by atoms with van der Waals surface area (Å²) >= 11 is 0. The highest BCUT2D eigenvalue weighted by Gasteiger charge is 2.50. The molecule has 0 unspecified atom stereocenters. The molecule has 8 rings (SSSR count). The normalized spacial score (nSPS) is 57.0. The van der Waals surface area contributed by atoms with Crippen LogP contribution in [0.5, 0.6) is 0 Å². The fourth-order valence-corrected chi connectivity index (χ4v) is 16.5. The molecule has 0 nitrogen and oxygen atoms in total. The van der Waals surface area contributed by atoms with Crippen LogP contribution in [0, 0.1) is 47.3 Å². The van der Waals surface area contributed by atoms with Crippen molar-refractivity contribution in [1.29, 1.82) is 0 Å². The van der Waals surface area contributed by atoms with Crippen molar-refractivity contribution >= 4 is 41.2 Å².